The first-order chi connectivity index (χ1) is 13.0. The quantitative estimate of drug-likeness (QED) is 0.811. The van der Waals surface area contributed by atoms with Gasteiger partial charge in [-0.2, -0.15) is 0 Å². The number of carbonyl (C=O) groups is 3. The number of fused-ring (bicyclic) bond motifs is 1. The van der Waals surface area contributed by atoms with Gasteiger partial charge in [0.15, 0.2) is 11.6 Å². The lowest BCUT2D eigenvalue weighted by atomic mass is 9.99. The molecule has 6 nitrogen and oxygen atoms in total. The highest BCUT2D eigenvalue weighted by Gasteiger charge is 2.24. The zero-order valence-electron chi connectivity index (χ0n) is 15.1. The Kier molecular flexibility index (Phi) is 5.66. The third-order valence-electron chi connectivity index (χ3n) is 4.65. The molecule has 1 heterocycles. The molecule has 140 valence electrons. The molecule has 0 saturated carbocycles. The molecule has 0 bridgehead atoms. The molecule has 3 rings (SSSR count). The average molecular weight is 367 g/mol. The van der Waals surface area contributed by atoms with Gasteiger partial charge >= 0.3 is 0 Å². The van der Waals surface area contributed by atoms with Crippen LogP contribution in [0.25, 0.3) is 0 Å². The van der Waals surface area contributed by atoms with E-state index in [-0.39, 0.29) is 43.4 Å². The van der Waals surface area contributed by atoms with Gasteiger partial charge in [0.05, 0.1) is 20.1 Å². The van der Waals surface area contributed by atoms with Crippen LogP contribution in [0.4, 0.5) is 0 Å². The van der Waals surface area contributed by atoms with Gasteiger partial charge in [-0.05, 0) is 34.9 Å². The summed E-state index contributed by atoms with van der Waals surface area (Å²) >= 11 is 0. The summed E-state index contributed by atoms with van der Waals surface area (Å²) in [7, 11) is 1.58. The van der Waals surface area contributed by atoms with Crippen LogP contribution in [0.1, 0.15) is 27.0 Å². The van der Waals surface area contributed by atoms with Gasteiger partial charge in [0, 0.05) is 18.5 Å². The van der Waals surface area contributed by atoms with Crippen LogP contribution in [-0.4, -0.2) is 47.7 Å². The Bertz CT molecular complexity index is 873. The molecule has 1 amide bonds. The maximum atomic E-state index is 12.7. The average Bonchev–Trinajstić information content (AvgIpc) is 2.85. The molecule has 1 aliphatic rings. The number of hydrogen-bond donors (Lipinski definition) is 1. The fraction of sp³-hybridized carbons (Fsp3) is 0.286. The molecule has 0 atom stereocenters. The molecule has 2 aromatic rings. The minimum absolute atomic E-state index is 0.0435. The van der Waals surface area contributed by atoms with Gasteiger partial charge in [0.1, 0.15) is 12.4 Å². The summed E-state index contributed by atoms with van der Waals surface area (Å²) < 4.78 is 5.11. The van der Waals surface area contributed by atoms with E-state index in [9.17, 15) is 14.4 Å². The Balaban J connectivity index is 1.80. The van der Waals surface area contributed by atoms with Crippen molar-refractivity contribution < 1.29 is 24.2 Å². The molecule has 0 fully saturated rings. The standard InChI is InChI=1S/C21H21NO5/c1-27-19-6-2-14(3-7-19)8-21(26)22-11-17-9-16(20(25)13-23)5-4-15(17)10-18(24)12-22/h2-7,9,23H,8,10-13H2,1H3. The van der Waals surface area contributed by atoms with Crippen LogP contribution in [0, 0.1) is 0 Å². The summed E-state index contributed by atoms with van der Waals surface area (Å²) in [6.07, 6.45) is 0.414. The molecule has 2 aromatic carbocycles. The first kappa shape index (κ1) is 18.8. The van der Waals surface area contributed by atoms with Crippen molar-refractivity contribution in [2.75, 3.05) is 20.3 Å². The van der Waals surface area contributed by atoms with E-state index in [0.29, 0.717) is 11.3 Å². The molecule has 0 spiro atoms. The second kappa shape index (κ2) is 8.14. The Morgan fingerprint density at radius 1 is 1.07 bits per heavy atom. The van der Waals surface area contributed by atoms with E-state index in [4.69, 9.17) is 9.84 Å². The number of hydrogen-bond acceptors (Lipinski definition) is 5. The third kappa shape index (κ3) is 4.41. The maximum Gasteiger partial charge on any atom is 0.227 e. The number of aliphatic hydroxyl groups is 1. The number of nitrogens with zero attached hydrogens (tertiary/aromatic N) is 1. The van der Waals surface area contributed by atoms with Gasteiger partial charge in [-0.3, -0.25) is 14.4 Å². The van der Waals surface area contributed by atoms with E-state index in [1.807, 2.05) is 12.1 Å². The van der Waals surface area contributed by atoms with Crippen molar-refractivity contribution in [2.45, 2.75) is 19.4 Å². The molecule has 0 aliphatic carbocycles. The summed E-state index contributed by atoms with van der Waals surface area (Å²) in [4.78, 5) is 38.3. The highest BCUT2D eigenvalue weighted by atomic mass is 16.5. The van der Waals surface area contributed by atoms with E-state index in [1.165, 1.54) is 4.90 Å². The van der Waals surface area contributed by atoms with E-state index in [0.717, 1.165) is 16.7 Å². The second-order valence-electron chi connectivity index (χ2n) is 6.55. The van der Waals surface area contributed by atoms with Crippen molar-refractivity contribution in [1.82, 2.24) is 4.90 Å². The van der Waals surface area contributed by atoms with Gasteiger partial charge in [0.2, 0.25) is 5.91 Å². The molecular weight excluding hydrogens is 346 g/mol. The minimum Gasteiger partial charge on any atom is -0.497 e. The highest BCUT2D eigenvalue weighted by molar-refractivity contribution is 5.97. The lowest BCUT2D eigenvalue weighted by molar-refractivity contribution is -0.134. The van der Waals surface area contributed by atoms with Crippen LogP contribution in [0.15, 0.2) is 42.5 Å². The molecular formula is C21H21NO5. The Morgan fingerprint density at radius 2 is 1.81 bits per heavy atom. The first-order valence-electron chi connectivity index (χ1n) is 8.68. The molecule has 6 heteroatoms. The normalized spacial score (nSPS) is 13.7. The number of benzene rings is 2. The van der Waals surface area contributed by atoms with E-state index >= 15 is 0 Å². The fourth-order valence-corrected chi connectivity index (χ4v) is 3.16. The zero-order chi connectivity index (χ0) is 19.4. The van der Waals surface area contributed by atoms with Crippen LogP contribution < -0.4 is 4.74 Å². The Morgan fingerprint density at radius 3 is 2.48 bits per heavy atom. The van der Waals surface area contributed by atoms with Crippen LogP contribution >= 0.6 is 0 Å². The van der Waals surface area contributed by atoms with Crippen LogP contribution in [0.3, 0.4) is 0 Å². The number of aliphatic hydroxyl groups excluding tert-OH is 1. The fourth-order valence-electron chi connectivity index (χ4n) is 3.16. The largest absolute Gasteiger partial charge is 0.497 e. The van der Waals surface area contributed by atoms with Gasteiger partial charge in [0.25, 0.3) is 0 Å². The van der Waals surface area contributed by atoms with Crippen LogP contribution in [-0.2, 0) is 29.0 Å². The summed E-state index contributed by atoms with van der Waals surface area (Å²) in [5, 5.41) is 9.05. The predicted molar refractivity (Wildman–Crippen MR) is 98.7 cm³/mol. The summed E-state index contributed by atoms with van der Waals surface area (Å²) in [6.45, 7) is -0.257. The maximum absolute atomic E-state index is 12.7. The number of ether oxygens (including phenoxy) is 1. The van der Waals surface area contributed by atoms with E-state index in [2.05, 4.69) is 0 Å². The van der Waals surface area contributed by atoms with Crippen molar-refractivity contribution in [1.29, 1.82) is 0 Å². The van der Waals surface area contributed by atoms with E-state index < -0.39 is 6.61 Å². The number of amides is 1. The zero-order valence-corrected chi connectivity index (χ0v) is 15.1. The number of rotatable bonds is 5. The highest BCUT2D eigenvalue weighted by Crippen LogP contribution is 2.21. The molecule has 27 heavy (non-hydrogen) atoms. The minimum atomic E-state index is -0.572. The van der Waals surface area contributed by atoms with Gasteiger partial charge in [-0.15, -0.1) is 0 Å². The smallest absolute Gasteiger partial charge is 0.227 e. The van der Waals surface area contributed by atoms with Crippen molar-refractivity contribution in [3.05, 3.63) is 64.7 Å². The molecule has 1 N–H and O–H groups in total. The van der Waals surface area contributed by atoms with Crippen molar-refractivity contribution >= 4 is 17.5 Å². The lowest BCUT2D eigenvalue weighted by Gasteiger charge is -2.20. The number of Topliss-reactive ketones (excluding diaryl/α,β-unsaturated/α-hetero) is 2. The number of carbonyl (C=O) groups excluding carboxylic acids is 3. The van der Waals surface area contributed by atoms with Crippen LogP contribution in [0.5, 0.6) is 5.75 Å². The number of ketones is 2. The number of methoxy groups -OCH3 is 1. The monoisotopic (exact) mass is 367 g/mol. The van der Waals surface area contributed by atoms with E-state index in [1.54, 1.807) is 37.4 Å². The van der Waals surface area contributed by atoms with Crippen molar-refractivity contribution in [2.24, 2.45) is 0 Å². The molecule has 0 saturated heterocycles. The summed E-state index contributed by atoms with van der Waals surface area (Å²) in [6, 6.07) is 12.2. The predicted octanol–water partition coefficient (Wildman–Crippen LogP) is 1.57. The summed E-state index contributed by atoms with van der Waals surface area (Å²) in [5.74, 6) is 0.133. The molecule has 0 aromatic heterocycles. The Hall–Kier alpha value is -2.99. The molecule has 0 unspecified atom stereocenters. The van der Waals surface area contributed by atoms with Gasteiger partial charge in [-0.25, -0.2) is 0 Å². The molecule has 1 aliphatic heterocycles. The third-order valence-corrected chi connectivity index (χ3v) is 4.65. The van der Waals surface area contributed by atoms with Crippen LogP contribution in [0.2, 0.25) is 0 Å². The second-order valence-corrected chi connectivity index (χ2v) is 6.55. The lowest BCUT2D eigenvalue weighted by Crippen LogP contribution is -2.35. The van der Waals surface area contributed by atoms with Crippen molar-refractivity contribution in [3.63, 3.8) is 0 Å². The Labute approximate surface area is 157 Å². The van der Waals surface area contributed by atoms with Crippen molar-refractivity contribution in [3.8, 4) is 5.75 Å². The summed E-state index contributed by atoms with van der Waals surface area (Å²) in [5.41, 5.74) is 2.80. The SMILES string of the molecule is COc1ccc(CC(=O)N2CC(=O)Cc3ccc(C(=O)CO)cc3C2)cc1. The van der Waals surface area contributed by atoms with Gasteiger partial charge < -0.3 is 14.7 Å². The topological polar surface area (TPSA) is 83.9 Å². The first-order valence-corrected chi connectivity index (χ1v) is 8.68. The van der Waals surface area contributed by atoms with Gasteiger partial charge in [-0.1, -0.05) is 24.3 Å². The molecule has 0 radical (unpaired) electrons.